The molecular formula is C51H39N3. The molecule has 0 radical (unpaired) electrons. The number of rotatable bonds is 3. The number of fused-ring (bicyclic) bond motifs is 9. The summed E-state index contributed by atoms with van der Waals surface area (Å²) in [6, 6.07) is 48.8. The van der Waals surface area contributed by atoms with Crippen LogP contribution in [0.25, 0.3) is 49.3 Å². The maximum Gasteiger partial charge on any atom is 0.230 e. The Labute approximate surface area is 315 Å². The Morgan fingerprint density at radius 2 is 1.52 bits per heavy atom. The van der Waals surface area contributed by atoms with Crippen LogP contribution in [-0.2, 0) is 5.41 Å². The summed E-state index contributed by atoms with van der Waals surface area (Å²) in [5.41, 5.74) is 13.9. The molecule has 1 aromatic heterocycles. The average molecular weight is 694 g/mol. The van der Waals surface area contributed by atoms with Gasteiger partial charge in [-0.05, 0) is 68.8 Å². The van der Waals surface area contributed by atoms with E-state index in [4.69, 9.17) is 9.98 Å². The molecule has 0 amide bonds. The van der Waals surface area contributed by atoms with Gasteiger partial charge in [0, 0.05) is 33.6 Å². The van der Waals surface area contributed by atoms with Crippen molar-refractivity contribution < 1.29 is 0 Å². The van der Waals surface area contributed by atoms with Crippen molar-refractivity contribution in [3.63, 3.8) is 0 Å². The highest BCUT2D eigenvalue weighted by atomic mass is 15.2. The van der Waals surface area contributed by atoms with Crippen LogP contribution in [0.15, 0.2) is 185 Å². The fourth-order valence-corrected chi connectivity index (χ4v) is 9.79. The zero-order valence-electron chi connectivity index (χ0n) is 30.4. The molecule has 4 aliphatic rings. The third-order valence-electron chi connectivity index (χ3n) is 12.4. The number of benzene rings is 6. The van der Waals surface area contributed by atoms with E-state index in [2.05, 4.69) is 188 Å². The van der Waals surface area contributed by atoms with Gasteiger partial charge >= 0.3 is 0 Å². The van der Waals surface area contributed by atoms with E-state index in [1.165, 1.54) is 66.1 Å². The minimum atomic E-state index is -0.0839. The Kier molecular flexibility index (Phi) is 6.85. The van der Waals surface area contributed by atoms with Gasteiger partial charge in [0.25, 0.3) is 0 Å². The van der Waals surface area contributed by atoms with Crippen molar-refractivity contribution in [1.82, 2.24) is 4.57 Å². The van der Waals surface area contributed by atoms with Crippen LogP contribution >= 0.6 is 0 Å². The molecule has 2 heterocycles. The van der Waals surface area contributed by atoms with E-state index in [1.807, 2.05) is 0 Å². The summed E-state index contributed by atoms with van der Waals surface area (Å²) in [7, 11) is 0. The third kappa shape index (κ3) is 4.61. The van der Waals surface area contributed by atoms with E-state index < -0.39 is 0 Å². The van der Waals surface area contributed by atoms with E-state index in [0.717, 1.165) is 29.1 Å². The molecule has 0 saturated carbocycles. The van der Waals surface area contributed by atoms with E-state index in [1.54, 1.807) is 0 Å². The van der Waals surface area contributed by atoms with Crippen LogP contribution in [0.4, 0.5) is 0 Å². The molecule has 1 aliphatic heterocycles. The Bertz CT molecular complexity index is 2890. The molecule has 3 heteroatoms. The zero-order chi connectivity index (χ0) is 36.0. The van der Waals surface area contributed by atoms with Crippen molar-refractivity contribution in [2.24, 2.45) is 15.9 Å². The van der Waals surface area contributed by atoms with Crippen LogP contribution in [-0.4, -0.2) is 16.2 Å². The lowest BCUT2D eigenvalue weighted by Gasteiger charge is -2.28. The lowest BCUT2D eigenvalue weighted by Crippen LogP contribution is -2.28. The van der Waals surface area contributed by atoms with Crippen molar-refractivity contribution >= 4 is 49.8 Å². The molecule has 258 valence electrons. The first-order chi connectivity index (χ1) is 26.5. The molecule has 0 spiro atoms. The SMILES string of the molecule is CC1(C)C2=CC(c3cccc(-c4cccc5c6c7ccccc7ccc6n(C6=NC(c7ccccc7)C7C=CC=CC7=N6)c45)c3)=CCC2c2ccccc21. The van der Waals surface area contributed by atoms with Crippen molar-refractivity contribution in [3.05, 3.63) is 198 Å². The molecule has 6 aromatic carbocycles. The first-order valence-electron chi connectivity index (χ1n) is 19.2. The van der Waals surface area contributed by atoms with Crippen LogP contribution in [0, 0.1) is 5.92 Å². The van der Waals surface area contributed by atoms with Gasteiger partial charge in [-0.3, -0.25) is 4.57 Å². The smallest absolute Gasteiger partial charge is 0.230 e. The second-order valence-corrected chi connectivity index (χ2v) is 15.6. The Balaban J connectivity index is 1.12. The molecule has 3 aliphatic carbocycles. The Morgan fingerprint density at radius 3 is 2.44 bits per heavy atom. The van der Waals surface area contributed by atoms with Crippen molar-refractivity contribution in [3.8, 4) is 11.1 Å². The van der Waals surface area contributed by atoms with Crippen LogP contribution in [0.5, 0.6) is 0 Å². The molecule has 3 unspecified atom stereocenters. The lowest BCUT2D eigenvalue weighted by atomic mass is 9.77. The van der Waals surface area contributed by atoms with Gasteiger partial charge in [0.15, 0.2) is 0 Å². The first kappa shape index (κ1) is 31.2. The maximum absolute atomic E-state index is 5.54. The van der Waals surface area contributed by atoms with Gasteiger partial charge in [-0.2, -0.15) is 0 Å². The second kappa shape index (κ2) is 11.8. The summed E-state index contributed by atoms with van der Waals surface area (Å²) in [6.45, 7) is 4.78. The average Bonchev–Trinajstić information content (AvgIpc) is 3.69. The molecule has 11 rings (SSSR count). The predicted octanol–water partition coefficient (Wildman–Crippen LogP) is 12.5. The van der Waals surface area contributed by atoms with E-state index in [-0.39, 0.29) is 17.4 Å². The topological polar surface area (TPSA) is 29.6 Å². The van der Waals surface area contributed by atoms with Crippen molar-refractivity contribution in [2.75, 3.05) is 0 Å². The minimum absolute atomic E-state index is 0.00977. The summed E-state index contributed by atoms with van der Waals surface area (Å²) in [5.74, 6) is 1.26. The molecule has 0 N–H and O–H groups in total. The highest BCUT2D eigenvalue weighted by Gasteiger charge is 2.42. The molecule has 0 bridgehead atoms. The van der Waals surface area contributed by atoms with Gasteiger partial charge in [-0.1, -0.05) is 171 Å². The minimum Gasteiger partial charge on any atom is -0.278 e. The number of aromatic nitrogens is 1. The second-order valence-electron chi connectivity index (χ2n) is 15.6. The lowest BCUT2D eigenvalue weighted by molar-refractivity contribution is 0.613. The fourth-order valence-electron chi connectivity index (χ4n) is 9.79. The molecule has 0 saturated heterocycles. The van der Waals surface area contributed by atoms with E-state index >= 15 is 0 Å². The van der Waals surface area contributed by atoms with E-state index in [0.29, 0.717) is 5.92 Å². The van der Waals surface area contributed by atoms with Crippen molar-refractivity contribution in [1.29, 1.82) is 0 Å². The summed E-state index contributed by atoms with van der Waals surface area (Å²) in [4.78, 5) is 10.9. The van der Waals surface area contributed by atoms with Gasteiger partial charge in [0.05, 0.1) is 22.8 Å². The van der Waals surface area contributed by atoms with Gasteiger partial charge < -0.3 is 0 Å². The van der Waals surface area contributed by atoms with Gasteiger partial charge in [0.1, 0.15) is 0 Å². The molecule has 0 fully saturated rings. The maximum atomic E-state index is 5.54. The molecule has 3 atom stereocenters. The summed E-state index contributed by atoms with van der Waals surface area (Å²) in [5, 5.41) is 4.90. The molecule has 3 nitrogen and oxygen atoms in total. The normalized spacial score (nSPS) is 21.0. The van der Waals surface area contributed by atoms with Gasteiger partial charge in [-0.25, -0.2) is 9.98 Å². The molecule has 7 aromatic rings. The number of aliphatic imine (C=N–C) groups is 2. The zero-order valence-corrected chi connectivity index (χ0v) is 30.4. The van der Waals surface area contributed by atoms with E-state index in [9.17, 15) is 0 Å². The first-order valence-corrected chi connectivity index (χ1v) is 19.2. The summed E-state index contributed by atoms with van der Waals surface area (Å²) in [6.07, 6.45) is 14.6. The summed E-state index contributed by atoms with van der Waals surface area (Å²) < 4.78 is 2.34. The Morgan fingerprint density at radius 1 is 0.722 bits per heavy atom. The largest absolute Gasteiger partial charge is 0.278 e. The quantitative estimate of drug-likeness (QED) is 0.176. The fraction of sp³-hybridized carbons (Fsp3) is 0.137. The highest BCUT2D eigenvalue weighted by molar-refractivity contribution is 6.26. The highest BCUT2D eigenvalue weighted by Crippen LogP contribution is 2.54. The van der Waals surface area contributed by atoms with Crippen LogP contribution in [0.2, 0.25) is 0 Å². The van der Waals surface area contributed by atoms with Crippen LogP contribution in [0.1, 0.15) is 54.5 Å². The number of hydrogen-bond acceptors (Lipinski definition) is 2. The number of para-hydroxylation sites is 1. The monoisotopic (exact) mass is 693 g/mol. The number of nitrogens with zero attached hydrogens (tertiary/aromatic N) is 3. The van der Waals surface area contributed by atoms with Crippen LogP contribution in [0.3, 0.4) is 0 Å². The molecule has 54 heavy (non-hydrogen) atoms. The van der Waals surface area contributed by atoms with Crippen LogP contribution < -0.4 is 0 Å². The van der Waals surface area contributed by atoms with Crippen molar-refractivity contribution in [2.45, 2.75) is 37.6 Å². The number of hydrogen-bond donors (Lipinski definition) is 0. The predicted molar refractivity (Wildman–Crippen MR) is 226 cm³/mol. The third-order valence-corrected chi connectivity index (χ3v) is 12.4. The van der Waals surface area contributed by atoms with Gasteiger partial charge in [0.2, 0.25) is 5.96 Å². The summed E-state index contributed by atoms with van der Waals surface area (Å²) >= 11 is 0. The molecular weight excluding hydrogens is 655 g/mol. The van der Waals surface area contributed by atoms with Gasteiger partial charge in [-0.15, -0.1) is 0 Å². The standard InChI is InChI=1S/C51H39N3/c1-51(2)43-24-10-8-20-39(43)40-28-26-35(31-44(40)51)34-17-12-18-36(30-34)38-22-13-23-42-47-37-19-7-6-14-32(37)27-29-46(47)54(49(38)42)50-52-45-25-11-9-21-41(45)48(53-50)33-15-4-3-5-16-33/h3-27,29-31,40-41,48H,28H2,1-2H3. The number of allylic oxidation sites excluding steroid dienone is 7. The Hall–Kier alpha value is -6.32.